The topological polar surface area (TPSA) is 50.8 Å². The first kappa shape index (κ1) is 26.9. The fourth-order valence-electron chi connectivity index (χ4n) is 4.79. The Morgan fingerprint density at radius 3 is 2.50 bits per heavy atom. The number of benzene rings is 1. The van der Waals surface area contributed by atoms with Gasteiger partial charge in [0.2, 0.25) is 0 Å². The summed E-state index contributed by atoms with van der Waals surface area (Å²) in [5.41, 5.74) is 2.32. The van der Waals surface area contributed by atoms with Crippen LogP contribution in [0.1, 0.15) is 77.3 Å². The van der Waals surface area contributed by atoms with Crippen molar-refractivity contribution in [1.82, 2.24) is 4.90 Å². The highest BCUT2D eigenvalue weighted by Gasteiger charge is 2.50. The van der Waals surface area contributed by atoms with Crippen LogP contribution in [-0.4, -0.2) is 48.5 Å². The number of aryl methyl sites for hydroxylation is 1. The van der Waals surface area contributed by atoms with Gasteiger partial charge in [-0.25, -0.2) is 4.79 Å². The Balaban J connectivity index is 1.52. The Labute approximate surface area is 201 Å². The number of carbonyl (C=O) groups excluding carboxylic acids is 1. The smallest absolute Gasteiger partial charge is 0.403 e. The van der Waals surface area contributed by atoms with Crippen molar-refractivity contribution in [3.05, 3.63) is 29.3 Å². The fraction of sp³-hybridized carbons (Fsp3) is 0.720. The van der Waals surface area contributed by atoms with Crippen molar-refractivity contribution < 1.29 is 27.3 Å². The van der Waals surface area contributed by atoms with E-state index in [0.29, 0.717) is 18.7 Å². The number of alkyl halides is 3. The van der Waals surface area contributed by atoms with Gasteiger partial charge in [-0.1, -0.05) is 19.4 Å². The van der Waals surface area contributed by atoms with E-state index < -0.39 is 18.5 Å². The quantitative estimate of drug-likeness (QED) is 0.436. The van der Waals surface area contributed by atoms with E-state index in [-0.39, 0.29) is 36.8 Å². The third-order valence-electron chi connectivity index (χ3n) is 7.53. The van der Waals surface area contributed by atoms with Crippen molar-refractivity contribution in [1.29, 1.82) is 0 Å². The summed E-state index contributed by atoms with van der Waals surface area (Å²) in [6, 6.07) is 5.46. The highest BCUT2D eigenvalue weighted by Crippen LogP contribution is 2.38. The second kappa shape index (κ2) is 10.1. The molecule has 1 aromatic rings. The molecule has 2 heterocycles. The zero-order valence-corrected chi connectivity index (χ0v) is 21.2. The number of urea groups is 1. The molecule has 2 fully saturated rings. The van der Waals surface area contributed by atoms with E-state index in [1.807, 2.05) is 25.1 Å². The summed E-state index contributed by atoms with van der Waals surface area (Å²) in [6.45, 7) is 12.9. The molecule has 9 heteroatoms. The van der Waals surface area contributed by atoms with Gasteiger partial charge in [0.05, 0.1) is 11.2 Å². The predicted molar refractivity (Wildman–Crippen MR) is 129 cm³/mol. The monoisotopic (exact) mass is 482 g/mol. The zero-order chi connectivity index (χ0) is 25.3. The van der Waals surface area contributed by atoms with Crippen molar-refractivity contribution in [3.63, 3.8) is 0 Å². The number of hydrogen-bond acceptors (Lipinski definition) is 3. The van der Waals surface area contributed by atoms with Gasteiger partial charge >= 0.3 is 19.3 Å². The molecular weight excluding hydrogens is 444 g/mol. The van der Waals surface area contributed by atoms with Gasteiger partial charge in [-0.05, 0) is 88.9 Å². The number of amides is 2. The maximum atomic E-state index is 12.7. The molecule has 1 N–H and O–H groups in total. The van der Waals surface area contributed by atoms with Gasteiger partial charge in [-0.3, -0.25) is 0 Å². The number of anilines is 1. The van der Waals surface area contributed by atoms with E-state index in [9.17, 15) is 18.0 Å². The van der Waals surface area contributed by atoms with Crippen LogP contribution in [0.15, 0.2) is 18.2 Å². The van der Waals surface area contributed by atoms with E-state index >= 15 is 0 Å². The first-order valence-electron chi connectivity index (χ1n) is 12.3. The SMILES string of the molecule is Cc1ccc(NC(=O)N2CC[C@@H](CC(F)(F)F)C2)cc1C(C)CCCB1OC(C)(C)C(C)(C)O1. The molecule has 2 saturated heterocycles. The number of likely N-dealkylation sites (tertiary alicyclic amines) is 1. The average molecular weight is 482 g/mol. The molecular formula is C25H38BF3N2O3. The molecule has 0 saturated carbocycles. The summed E-state index contributed by atoms with van der Waals surface area (Å²) in [6.07, 6.45) is -1.93. The molecule has 5 nitrogen and oxygen atoms in total. The molecule has 0 aromatic heterocycles. The molecule has 2 atom stereocenters. The van der Waals surface area contributed by atoms with E-state index in [4.69, 9.17) is 9.31 Å². The summed E-state index contributed by atoms with van der Waals surface area (Å²) in [7, 11) is -0.203. The maximum Gasteiger partial charge on any atom is 0.457 e. The molecule has 3 rings (SSSR count). The Bertz CT molecular complexity index is 859. The van der Waals surface area contributed by atoms with Crippen LogP contribution in [0.4, 0.5) is 23.7 Å². The third-order valence-corrected chi connectivity index (χ3v) is 7.53. The molecule has 0 spiro atoms. The number of hydrogen-bond donors (Lipinski definition) is 1. The van der Waals surface area contributed by atoms with E-state index in [1.54, 1.807) is 0 Å². The standard InChI is InChI=1S/C25H38BF3N2O3/c1-17(8-7-12-26-33-23(3,4)24(5,6)34-26)21-14-20(10-9-18(21)2)30-22(32)31-13-11-19(16-31)15-25(27,28)29/h9-10,14,17,19H,7-8,11-13,15-16H2,1-6H3,(H,30,32)/t17?,19-/m0/s1. The van der Waals surface area contributed by atoms with E-state index in [2.05, 4.69) is 39.9 Å². The van der Waals surface area contributed by atoms with Crippen LogP contribution >= 0.6 is 0 Å². The lowest BCUT2D eigenvalue weighted by molar-refractivity contribution is -0.143. The summed E-state index contributed by atoms with van der Waals surface area (Å²) < 4.78 is 50.1. The van der Waals surface area contributed by atoms with Crippen molar-refractivity contribution in [2.24, 2.45) is 5.92 Å². The van der Waals surface area contributed by atoms with E-state index in [0.717, 1.165) is 30.3 Å². The number of carbonyl (C=O) groups is 1. The molecule has 1 unspecified atom stereocenters. The number of nitrogens with one attached hydrogen (secondary N) is 1. The Kier molecular flexibility index (Phi) is 7.97. The van der Waals surface area contributed by atoms with Crippen molar-refractivity contribution in [2.45, 2.75) is 96.8 Å². The Morgan fingerprint density at radius 2 is 1.88 bits per heavy atom. The lowest BCUT2D eigenvalue weighted by Gasteiger charge is -2.32. The Hall–Kier alpha value is -1.74. The highest BCUT2D eigenvalue weighted by molar-refractivity contribution is 6.45. The van der Waals surface area contributed by atoms with Gasteiger partial charge in [0.25, 0.3) is 0 Å². The van der Waals surface area contributed by atoms with Gasteiger partial charge in [0.1, 0.15) is 0 Å². The van der Waals surface area contributed by atoms with Crippen molar-refractivity contribution in [3.8, 4) is 0 Å². The number of halogens is 3. The van der Waals surface area contributed by atoms with Crippen LogP contribution in [0.5, 0.6) is 0 Å². The lowest BCUT2D eigenvalue weighted by Crippen LogP contribution is -2.41. The number of rotatable bonds is 7. The molecule has 0 aliphatic carbocycles. The van der Waals surface area contributed by atoms with Crippen LogP contribution in [0, 0.1) is 12.8 Å². The van der Waals surface area contributed by atoms with Gasteiger partial charge < -0.3 is 19.5 Å². The van der Waals surface area contributed by atoms with Gasteiger partial charge in [-0.15, -0.1) is 0 Å². The second-order valence-corrected chi connectivity index (χ2v) is 10.9. The van der Waals surface area contributed by atoms with Crippen LogP contribution in [0.3, 0.4) is 0 Å². The second-order valence-electron chi connectivity index (χ2n) is 10.9. The molecule has 190 valence electrons. The molecule has 34 heavy (non-hydrogen) atoms. The number of nitrogens with zero attached hydrogens (tertiary/aromatic N) is 1. The lowest BCUT2D eigenvalue weighted by atomic mass is 9.80. The summed E-state index contributed by atoms with van der Waals surface area (Å²) >= 11 is 0. The van der Waals surface area contributed by atoms with Crippen LogP contribution < -0.4 is 5.32 Å². The maximum absolute atomic E-state index is 12.7. The predicted octanol–water partition coefficient (Wildman–Crippen LogP) is 6.78. The van der Waals surface area contributed by atoms with Crippen LogP contribution in [0.25, 0.3) is 0 Å². The minimum Gasteiger partial charge on any atom is -0.403 e. The Morgan fingerprint density at radius 1 is 1.24 bits per heavy atom. The molecule has 0 bridgehead atoms. The third kappa shape index (κ3) is 6.69. The first-order chi connectivity index (χ1) is 15.7. The van der Waals surface area contributed by atoms with Crippen molar-refractivity contribution >= 4 is 18.8 Å². The van der Waals surface area contributed by atoms with Crippen molar-refractivity contribution in [2.75, 3.05) is 18.4 Å². The molecule has 2 aliphatic rings. The molecule has 2 amide bonds. The largest absolute Gasteiger partial charge is 0.457 e. The van der Waals surface area contributed by atoms with Gasteiger partial charge in [0, 0.05) is 25.2 Å². The molecule has 2 aliphatic heterocycles. The zero-order valence-electron chi connectivity index (χ0n) is 21.2. The van der Waals surface area contributed by atoms with Crippen LogP contribution in [-0.2, 0) is 9.31 Å². The van der Waals surface area contributed by atoms with Gasteiger partial charge in [0.15, 0.2) is 0 Å². The summed E-state index contributed by atoms with van der Waals surface area (Å²) in [5, 5.41) is 2.87. The molecule has 0 radical (unpaired) electrons. The van der Waals surface area contributed by atoms with Gasteiger partial charge in [-0.2, -0.15) is 13.2 Å². The summed E-state index contributed by atoms with van der Waals surface area (Å²) in [5.74, 6) is -0.245. The first-order valence-corrected chi connectivity index (χ1v) is 12.3. The average Bonchev–Trinajstić information content (AvgIpc) is 3.23. The summed E-state index contributed by atoms with van der Waals surface area (Å²) in [4.78, 5) is 14.1. The fourth-order valence-corrected chi connectivity index (χ4v) is 4.79. The normalized spacial score (nSPS) is 22.8. The minimum atomic E-state index is -4.19. The minimum absolute atomic E-state index is 0.138. The van der Waals surface area contributed by atoms with Crippen LogP contribution in [0.2, 0.25) is 6.32 Å². The molecule has 1 aromatic carbocycles. The highest BCUT2D eigenvalue weighted by atomic mass is 19.4. The van der Waals surface area contributed by atoms with E-state index in [1.165, 1.54) is 4.90 Å².